The molecule has 0 unspecified atom stereocenters. The predicted molar refractivity (Wildman–Crippen MR) is 64.5 cm³/mol. The zero-order chi connectivity index (χ0) is 11.5. The van der Waals surface area contributed by atoms with Gasteiger partial charge >= 0.3 is 0 Å². The minimum Gasteiger partial charge on any atom is -0.432 e. The summed E-state index contributed by atoms with van der Waals surface area (Å²) in [4.78, 5) is 6.52. The van der Waals surface area contributed by atoms with Crippen molar-refractivity contribution < 1.29 is 4.42 Å². The van der Waals surface area contributed by atoms with Crippen molar-refractivity contribution in [2.24, 2.45) is 5.92 Å². The molecule has 1 saturated carbocycles. The second-order valence-electron chi connectivity index (χ2n) is 5.05. The topological polar surface area (TPSA) is 41.3 Å². The summed E-state index contributed by atoms with van der Waals surface area (Å²) in [5.74, 6) is 0.616. The fourth-order valence-corrected chi connectivity index (χ4v) is 1.71. The number of oxazole rings is 1. The van der Waals surface area contributed by atoms with E-state index in [-0.39, 0.29) is 0 Å². The van der Waals surface area contributed by atoms with Gasteiger partial charge in [0.1, 0.15) is 6.26 Å². The summed E-state index contributed by atoms with van der Waals surface area (Å²) in [5.41, 5.74) is 0.998. The summed E-state index contributed by atoms with van der Waals surface area (Å²) in [7, 11) is 2.02. The molecule has 90 valence electrons. The molecule has 2 rings (SSSR count). The summed E-state index contributed by atoms with van der Waals surface area (Å²) >= 11 is 0. The van der Waals surface area contributed by atoms with E-state index in [2.05, 4.69) is 29.0 Å². The van der Waals surface area contributed by atoms with E-state index >= 15 is 0 Å². The molecule has 0 spiro atoms. The maximum Gasteiger partial charge on any atom is 0.297 e. The highest BCUT2D eigenvalue weighted by molar-refractivity contribution is 5.25. The Bertz CT molecular complexity index is 331. The molecule has 0 bridgehead atoms. The van der Waals surface area contributed by atoms with Crippen LogP contribution in [0.2, 0.25) is 0 Å². The molecule has 1 heterocycles. The number of aromatic nitrogens is 1. The van der Waals surface area contributed by atoms with Crippen molar-refractivity contribution in [3.05, 3.63) is 12.0 Å². The summed E-state index contributed by atoms with van der Waals surface area (Å²) in [6.45, 7) is 6.17. The number of anilines is 1. The molecule has 16 heavy (non-hydrogen) atoms. The van der Waals surface area contributed by atoms with Crippen molar-refractivity contribution in [2.75, 3.05) is 18.5 Å². The van der Waals surface area contributed by atoms with Gasteiger partial charge in [-0.1, -0.05) is 13.8 Å². The van der Waals surface area contributed by atoms with Crippen LogP contribution in [0.1, 0.15) is 32.4 Å². The largest absolute Gasteiger partial charge is 0.432 e. The van der Waals surface area contributed by atoms with Crippen molar-refractivity contribution in [1.82, 2.24) is 10.3 Å². The van der Waals surface area contributed by atoms with Gasteiger partial charge < -0.3 is 14.6 Å². The normalized spacial score (nSPS) is 15.8. The van der Waals surface area contributed by atoms with E-state index in [9.17, 15) is 0 Å². The van der Waals surface area contributed by atoms with E-state index in [1.165, 1.54) is 12.8 Å². The van der Waals surface area contributed by atoms with Gasteiger partial charge in [0.25, 0.3) is 6.01 Å². The monoisotopic (exact) mass is 223 g/mol. The van der Waals surface area contributed by atoms with Crippen LogP contribution in [0.4, 0.5) is 6.01 Å². The van der Waals surface area contributed by atoms with Crippen molar-refractivity contribution in [2.45, 2.75) is 39.3 Å². The van der Waals surface area contributed by atoms with Crippen molar-refractivity contribution in [1.29, 1.82) is 0 Å². The number of nitrogens with one attached hydrogen (secondary N) is 1. The number of hydrogen-bond donors (Lipinski definition) is 1. The number of hydrogen-bond acceptors (Lipinski definition) is 4. The van der Waals surface area contributed by atoms with Crippen LogP contribution >= 0.6 is 0 Å². The van der Waals surface area contributed by atoms with Crippen LogP contribution in [0.3, 0.4) is 0 Å². The van der Waals surface area contributed by atoms with Crippen molar-refractivity contribution >= 4 is 6.01 Å². The Kier molecular flexibility index (Phi) is 3.49. The molecule has 0 saturated heterocycles. The lowest BCUT2D eigenvalue weighted by Crippen LogP contribution is -2.23. The van der Waals surface area contributed by atoms with Gasteiger partial charge in [0.2, 0.25) is 0 Å². The Balaban J connectivity index is 1.84. The van der Waals surface area contributed by atoms with Crippen LogP contribution in [-0.2, 0) is 6.54 Å². The molecule has 1 fully saturated rings. The lowest BCUT2D eigenvalue weighted by atomic mass is 10.2. The Hall–Kier alpha value is -1.03. The average molecular weight is 223 g/mol. The fourth-order valence-electron chi connectivity index (χ4n) is 1.71. The molecule has 0 aromatic carbocycles. The second kappa shape index (κ2) is 4.87. The molecule has 4 nitrogen and oxygen atoms in total. The molecular formula is C12H21N3O. The van der Waals surface area contributed by atoms with E-state index in [4.69, 9.17) is 4.42 Å². The Morgan fingerprint density at radius 2 is 2.31 bits per heavy atom. The molecule has 0 radical (unpaired) electrons. The minimum absolute atomic E-state index is 0.616. The van der Waals surface area contributed by atoms with E-state index < -0.39 is 0 Å². The minimum atomic E-state index is 0.616. The maximum absolute atomic E-state index is 5.45. The molecule has 4 heteroatoms. The molecule has 0 amide bonds. The van der Waals surface area contributed by atoms with E-state index in [0.29, 0.717) is 12.0 Å². The van der Waals surface area contributed by atoms with E-state index in [1.54, 1.807) is 6.26 Å². The Morgan fingerprint density at radius 1 is 1.56 bits per heavy atom. The summed E-state index contributed by atoms with van der Waals surface area (Å²) in [6, 6.07) is 1.44. The summed E-state index contributed by atoms with van der Waals surface area (Å²) in [6.07, 6.45) is 4.36. The van der Waals surface area contributed by atoms with Gasteiger partial charge in [-0.3, -0.25) is 0 Å². The van der Waals surface area contributed by atoms with Crippen LogP contribution in [0.25, 0.3) is 0 Å². The van der Waals surface area contributed by atoms with Crippen LogP contribution in [0.5, 0.6) is 0 Å². The van der Waals surface area contributed by atoms with Crippen LogP contribution in [0.15, 0.2) is 10.7 Å². The third-order valence-corrected chi connectivity index (χ3v) is 2.65. The first kappa shape index (κ1) is 11.5. The van der Waals surface area contributed by atoms with Crippen LogP contribution in [-0.4, -0.2) is 24.6 Å². The van der Waals surface area contributed by atoms with E-state index in [0.717, 1.165) is 24.8 Å². The average Bonchev–Trinajstić information content (AvgIpc) is 2.92. The lowest BCUT2D eigenvalue weighted by Gasteiger charge is -2.16. The predicted octanol–water partition coefficient (Wildman–Crippen LogP) is 2.02. The van der Waals surface area contributed by atoms with E-state index in [1.807, 2.05) is 7.05 Å². The third kappa shape index (κ3) is 3.23. The molecule has 0 aliphatic heterocycles. The highest BCUT2D eigenvalue weighted by Crippen LogP contribution is 2.20. The SMILES string of the molecule is CC(C)CN(C)c1nc(CNC2CC2)co1. The quantitative estimate of drug-likeness (QED) is 0.801. The molecule has 1 N–H and O–H groups in total. The standard InChI is InChI=1S/C12H21N3O/c1-9(2)7-15(3)12-14-11(8-16-12)6-13-10-4-5-10/h8-10,13H,4-7H2,1-3H3. The number of nitrogens with zero attached hydrogens (tertiary/aromatic N) is 2. The van der Waals surface area contributed by atoms with Gasteiger partial charge in [0.15, 0.2) is 0 Å². The first-order chi connectivity index (χ1) is 7.65. The zero-order valence-corrected chi connectivity index (χ0v) is 10.4. The zero-order valence-electron chi connectivity index (χ0n) is 10.4. The van der Waals surface area contributed by atoms with Gasteiger partial charge in [-0.05, 0) is 18.8 Å². The fraction of sp³-hybridized carbons (Fsp3) is 0.750. The van der Waals surface area contributed by atoms with Crippen molar-refractivity contribution in [3.8, 4) is 0 Å². The third-order valence-electron chi connectivity index (χ3n) is 2.65. The summed E-state index contributed by atoms with van der Waals surface area (Å²) < 4.78 is 5.45. The molecule has 0 atom stereocenters. The molecule has 1 aliphatic carbocycles. The highest BCUT2D eigenvalue weighted by atomic mass is 16.4. The van der Waals surface area contributed by atoms with Gasteiger partial charge in [-0.15, -0.1) is 0 Å². The lowest BCUT2D eigenvalue weighted by molar-refractivity contribution is 0.523. The Labute approximate surface area is 97.0 Å². The molecule has 1 aromatic heterocycles. The van der Waals surface area contributed by atoms with Gasteiger partial charge in [-0.2, -0.15) is 4.98 Å². The highest BCUT2D eigenvalue weighted by Gasteiger charge is 2.20. The second-order valence-corrected chi connectivity index (χ2v) is 5.05. The van der Waals surface area contributed by atoms with Gasteiger partial charge in [0.05, 0.1) is 5.69 Å². The van der Waals surface area contributed by atoms with Gasteiger partial charge in [0, 0.05) is 26.2 Å². The molecule has 1 aromatic rings. The van der Waals surface area contributed by atoms with Crippen LogP contribution < -0.4 is 10.2 Å². The molecule has 1 aliphatic rings. The number of rotatable bonds is 6. The maximum atomic E-state index is 5.45. The molecular weight excluding hydrogens is 202 g/mol. The van der Waals surface area contributed by atoms with Gasteiger partial charge in [-0.25, -0.2) is 0 Å². The van der Waals surface area contributed by atoms with Crippen LogP contribution in [0, 0.1) is 5.92 Å². The first-order valence-electron chi connectivity index (χ1n) is 6.04. The summed E-state index contributed by atoms with van der Waals surface area (Å²) in [5, 5.41) is 3.42. The first-order valence-corrected chi connectivity index (χ1v) is 6.04. The Morgan fingerprint density at radius 3 is 2.94 bits per heavy atom. The smallest absolute Gasteiger partial charge is 0.297 e. The van der Waals surface area contributed by atoms with Crippen molar-refractivity contribution in [3.63, 3.8) is 0 Å².